The van der Waals surface area contributed by atoms with Crippen molar-refractivity contribution in [2.75, 3.05) is 25.9 Å². The number of nitriles is 1. The number of aryl methyl sites for hydroxylation is 1. The number of nitrogens with two attached hydrogens (primary N) is 2. The van der Waals surface area contributed by atoms with Crippen LogP contribution in [0.5, 0.6) is 5.88 Å². The van der Waals surface area contributed by atoms with Crippen LogP contribution in [0, 0.1) is 11.3 Å². The van der Waals surface area contributed by atoms with E-state index in [1.165, 1.54) is 29.9 Å². The van der Waals surface area contributed by atoms with E-state index in [2.05, 4.69) is 34.8 Å². The Morgan fingerprint density at radius 3 is 2.74 bits per heavy atom. The highest BCUT2D eigenvalue weighted by atomic mass is 32.1. The van der Waals surface area contributed by atoms with Gasteiger partial charge in [0.1, 0.15) is 17.7 Å². The number of likely N-dealkylation sites (N-methyl/N-ethyl adjacent to an activating group) is 1. The fraction of sp³-hybridized carbons (Fsp3) is 0.520. The number of hydrogen-bond donors (Lipinski definition) is 3. The van der Waals surface area contributed by atoms with Gasteiger partial charge in [-0.25, -0.2) is 0 Å². The molecule has 2 aromatic heterocycles. The molecule has 0 bridgehead atoms. The molecule has 0 saturated carbocycles. The minimum Gasteiger partial charge on any atom is -0.477 e. The minimum absolute atomic E-state index is 0.0932. The van der Waals surface area contributed by atoms with Crippen molar-refractivity contribution in [1.29, 1.82) is 5.26 Å². The monoisotopic (exact) mass is 498 g/mol. The summed E-state index contributed by atoms with van der Waals surface area (Å²) in [5, 5.41) is 9.90. The molecule has 2 aromatic rings. The standard InChI is InChI=1S/C22H26N6O3S.C3H8/c1-28-7-3-4-12(28)11-31-18-9-13(29)8-16(26-18)20(24)27-22(30)14-5-2-6-17-19(14)15(10-23)21(25)32-17;1-3-2/h8-9,12,14H,2-7,11,25H2,1H3,(H,26,29)(H2,24,27,30);3H2,1-2H3. The molecule has 2 aliphatic rings. The molecular formula is C25H34N6O3S. The lowest BCUT2D eigenvalue weighted by Crippen LogP contribution is -2.31. The topological polar surface area (TPSA) is 151 Å². The second-order valence-corrected chi connectivity index (χ2v) is 10.1. The number of likely N-dealkylation sites (tertiary alicyclic amines) is 1. The summed E-state index contributed by atoms with van der Waals surface area (Å²) in [7, 11) is 2.05. The smallest absolute Gasteiger partial charge is 0.255 e. The molecule has 4 rings (SSSR count). The Balaban J connectivity index is 0.00000108. The summed E-state index contributed by atoms with van der Waals surface area (Å²) < 4.78 is 5.79. The number of nitrogens with one attached hydrogen (secondary N) is 1. The van der Waals surface area contributed by atoms with Crippen molar-refractivity contribution in [3.05, 3.63) is 44.1 Å². The number of rotatable bonds is 5. The Kier molecular flexibility index (Phi) is 9.07. The molecule has 3 heterocycles. The number of amides is 1. The van der Waals surface area contributed by atoms with Crippen LogP contribution in [0.25, 0.3) is 0 Å². The summed E-state index contributed by atoms with van der Waals surface area (Å²) in [6, 6.07) is 5.05. The number of amidine groups is 1. The highest BCUT2D eigenvalue weighted by Gasteiger charge is 2.32. The van der Waals surface area contributed by atoms with Crippen molar-refractivity contribution in [2.45, 2.75) is 64.3 Å². The maximum atomic E-state index is 13.0. The lowest BCUT2D eigenvalue weighted by Gasteiger charge is -2.20. The molecule has 5 N–H and O–H groups in total. The molecule has 1 aliphatic heterocycles. The SMILES string of the molecule is CCC.CN1CCCC1COc1cc(=O)cc(C(N)=NC(=O)C2CCCc3sc(N)c(C#N)c32)[nH]1. The number of nitrogen functional groups attached to an aromatic ring is 1. The number of carbonyl (C=O) groups excluding carboxylic acids is 1. The number of thiophene rings is 1. The van der Waals surface area contributed by atoms with E-state index in [1.807, 2.05) is 7.05 Å². The first-order valence-electron chi connectivity index (χ1n) is 12.1. The van der Waals surface area contributed by atoms with E-state index in [9.17, 15) is 14.9 Å². The molecule has 35 heavy (non-hydrogen) atoms. The van der Waals surface area contributed by atoms with E-state index in [0.717, 1.165) is 37.1 Å². The van der Waals surface area contributed by atoms with Gasteiger partial charge in [-0.05, 0) is 51.3 Å². The van der Waals surface area contributed by atoms with E-state index in [0.29, 0.717) is 35.2 Å². The lowest BCUT2D eigenvalue weighted by molar-refractivity contribution is -0.119. The average molecular weight is 499 g/mol. The van der Waals surface area contributed by atoms with Crippen LogP contribution in [0.4, 0.5) is 5.00 Å². The molecule has 2 unspecified atom stereocenters. The molecule has 188 valence electrons. The molecule has 2 atom stereocenters. The number of H-pyrrole nitrogens is 1. The van der Waals surface area contributed by atoms with Gasteiger partial charge >= 0.3 is 0 Å². The van der Waals surface area contributed by atoms with Gasteiger partial charge < -0.3 is 26.1 Å². The molecule has 1 amide bonds. The number of aromatic nitrogens is 1. The third kappa shape index (κ3) is 6.29. The lowest BCUT2D eigenvalue weighted by atomic mass is 9.85. The number of aromatic amines is 1. The Morgan fingerprint density at radius 2 is 2.09 bits per heavy atom. The van der Waals surface area contributed by atoms with Crippen LogP contribution in [-0.2, 0) is 11.2 Å². The van der Waals surface area contributed by atoms with E-state index in [4.69, 9.17) is 16.2 Å². The third-order valence-electron chi connectivity index (χ3n) is 6.13. The summed E-state index contributed by atoms with van der Waals surface area (Å²) in [5.74, 6) is -0.817. The Bertz CT molecular complexity index is 1180. The minimum atomic E-state index is -0.565. The average Bonchev–Trinajstić information content (AvgIpc) is 3.38. The maximum Gasteiger partial charge on any atom is 0.255 e. The van der Waals surface area contributed by atoms with Crippen molar-refractivity contribution >= 4 is 28.1 Å². The highest BCUT2D eigenvalue weighted by Crippen LogP contribution is 2.42. The molecule has 1 fully saturated rings. The fourth-order valence-electron chi connectivity index (χ4n) is 4.40. The van der Waals surface area contributed by atoms with Crippen LogP contribution in [0.2, 0.25) is 0 Å². The van der Waals surface area contributed by atoms with Crippen LogP contribution in [0.15, 0.2) is 21.9 Å². The van der Waals surface area contributed by atoms with Gasteiger partial charge in [-0.15, -0.1) is 11.3 Å². The number of ether oxygens (including phenoxy) is 1. The van der Waals surface area contributed by atoms with Gasteiger partial charge in [-0.1, -0.05) is 20.3 Å². The molecule has 10 heteroatoms. The zero-order valence-corrected chi connectivity index (χ0v) is 21.4. The second kappa shape index (κ2) is 12.0. The predicted octanol–water partition coefficient (Wildman–Crippen LogP) is 3.13. The van der Waals surface area contributed by atoms with E-state index >= 15 is 0 Å². The highest BCUT2D eigenvalue weighted by molar-refractivity contribution is 7.16. The Morgan fingerprint density at radius 1 is 1.34 bits per heavy atom. The van der Waals surface area contributed by atoms with Crippen molar-refractivity contribution in [3.63, 3.8) is 0 Å². The first-order chi connectivity index (χ1) is 16.8. The van der Waals surface area contributed by atoms with Crippen LogP contribution in [0.3, 0.4) is 0 Å². The number of hydrogen-bond acceptors (Lipinski definition) is 7. The van der Waals surface area contributed by atoms with Crippen LogP contribution in [0.1, 0.15) is 73.6 Å². The normalized spacial score (nSPS) is 19.9. The summed E-state index contributed by atoms with van der Waals surface area (Å²) in [6.07, 6.45) is 5.58. The Hall–Kier alpha value is -3.16. The van der Waals surface area contributed by atoms with Crippen molar-refractivity contribution in [1.82, 2.24) is 9.88 Å². The molecule has 0 spiro atoms. The second-order valence-electron chi connectivity index (χ2n) is 8.96. The van der Waals surface area contributed by atoms with Gasteiger partial charge in [0, 0.05) is 23.1 Å². The van der Waals surface area contributed by atoms with E-state index in [-0.39, 0.29) is 22.8 Å². The summed E-state index contributed by atoms with van der Waals surface area (Å²) in [5.41, 5.74) is 13.0. The largest absolute Gasteiger partial charge is 0.477 e. The van der Waals surface area contributed by atoms with Crippen molar-refractivity contribution in [3.8, 4) is 11.9 Å². The Labute approximate surface area is 209 Å². The fourth-order valence-corrected chi connectivity index (χ4v) is 5.53. The summed E-state index contributed by atoms with van der Waals surface area (Å²) in [6.45, 7) is 5.73. The summed E-state index contributed by atoms with van der Waals surface area (Å²) >= 11 is 1.35. The number of carbonyl (C=O) groups is 1. The number of pyridine rings is 1. The number of nitrogens with zero attached hydrogens (tertiary/aromatic N) is 3. The zero-order chi connectivity index (χ0) is 25.5. The molecule has 1 aliphatic carbocycles. The molecule has 0 aromatic carbocycles. The molecular weight excluding hydrogens is 464 g/mol. The van der Waals surface area contributed by atoms with E-state index < -0.39 is 11.8 Å². The number of aliphatic imine (C=N–C) groups is 1. The number of fused-ring (bicyclic) bond motifs is 1. The maximum absolute atomic E-state index is 13.0. The summed E-state index contributed by atoms with van der Waals surface area (Å²) in [4.78, 5) is 35.3. The van der Waals surface area contributed by atoms with Gasteiger partial charge in [0.25, 0.3) is 5.91 Å². The van der Waals surface area contributed by atoms with Gasteiger partial charge in [-0.2, -0.15) is 10.3 Å². The molecule has 1 saturated heterocycles. The van der Waals surface area contributed by atoms with Gasteiger partial charge in [0.15, 0.2) is 17.1 Å². The number of anilines is 1. The van der Waals surface area contributed by atoms with Gasteiger partial charge in [-0.3, -0.25) is 9.59 Å². The molecule has 0 radical (unpaired) electrons. The van der Waals surface area contributed by atoms with Crippen molar-refractivity contribution < 1.29 is 9.53 Å². The van der Waals surface area contributed by atoms with Gasteiger partial charge in [0.2, 0.25) is 0 Å². The van der Waals surface area contributed by atoms with E-state index in [1.54, 1.807) is 0 Å². The first kappa shape index (κ1) is 26.4. The predicted molar refractivity (Wildman–Crippen MR) is 139 cm³/mol. The van der Waals surface area contributed by atoms with Gasteiger partial charge in [0.05, 0.1) is 17.2 Å². The molecule has 9 nitrogen and oxygen atoms in total. The quantitative estimate of drug-likeness (QED) is 0.423. The van der Waals surface area contributed by atoms with Crippen LogP contribution < -0.4 is 21.6 Å². The van der Waals surface area contributed by atoms with Crippen molar-refractivity contribution in [2.24, 2.45) is 10.7 Å². The van der Waals surface area contributed by atoms with Crippen LogP contribution >= 0.6 is 11.3 Å². The third-order valence-corrected chi connectivity index (χ3v) is 7.23. The van der Waals surface area contributed by atoms with Crippen LogP contribution in [-0.4, -0.2) is 47.9 Å². The zero-order valence-electron chi connectivity index (χ0n) is 20.6. The first-order valence-corrected chi connectivity index (χ1v) is 12.9.